The van der Waals surface area contributed by atoms with Crippen LogP contribution < -0.4 is 4.90 Å². The van der Waals surface area contributed by atoms with Gasteiger partial charge in [-0.1, -0.05) is 6.07 Å². The molecule has 0 aliphatic rings. The van der Waals surface area contributed by atoms with Crippen LogP contribution in [0.4, 0.5) is 15.8 Å². The number of rotatable bonds is 3. The van der Waals surface area contributed by atoms with Gasteiger partial charge in [0.2, 0.25) is 0 Å². The fraction of sp³-hybridized carbons (Fsp3) is 0.125. The Morgan fingerprint density at radius 1 is 1.19 bits per heavy atom. The molecule has 3 nitrogen and oxygen atoms in total. The van der Waals surface area contributed by atoms with Crippen molar-refractivity contribution in [1.29, 1.82) is 0 Å². The average molecular weight is 346 g/mol. The van der Waals surface area contributed by atoms with E-state index in [1.165, 1.54) is 12.1 Å². The maximum absolute atomic E-state index is 13.5. The number of pyridine rings is 2. The summed E-state index contributed by atoms with van der Waals surface area (Å²) in [4.78, 5) is 10.8. The minimum atomic E-state index is -0.250. The summed E-state index contributed by atoms with van der Waals surface area (Å²) in [5, 5.41) is 0. The van der Waals surface area contributed by atoms with Gasteiger partial charge in [0.1, 0.15) is 11.3 Å². The van der Waals surface area contributed by atoms with Crippen LogP contribution in [-0.4, -0.2) is 16.5 Å². The summed E-state index contributed by atoms with van der Waals surface area (Å²) in [7, 11) is 0. The minimum absolute atomic E-state index is 0.250. The number of nitrogens with zero attached hydrogens (tertiary/aromatic N) is 3. The standard InChI is InChI=1S/C16H13BrFN3/c1-2-21(13-5-3-4-12(18)9-13)15-6-7-19-14-8-11(17)10-20-16(14)15/h3-10H,2H2,1H3. The monoisotopic (exact) mass is 345 g/mol. The summed E-state index contributed by atoms with van der Waals surface area (Å²) in [6, 6.07) is 10.4. The molecule has 1 aromatic carbocycles. The van der Waals surface area contributed by atoms with Gasteiger partial charge in [-0.25, -0.2) is 4.39 Å². The second-order valence-corrected chi connectivity index (χ2v) is 5.49. The fourth-order valence-corrected chi connectivity index (χ4v) is 2.66. The molecule has 0 atom stereocenters. The van der Waals surface area contributed by atoms with Crippen molar-refractivity contribution in [2.45, 2.75) is 6.92 Å². The van der Waals surface area contributed by atoms with Crippen LogP contribution in [0.15, 0.2) is 53.3 Å². The van der Waals surface area contributed by atoms with Crippen LogP contribution in [0.3, 0.4) is 0 Å². The van der Waals surface area contributed by atoms with Crippen LogP contribution in [-0.2, 0) is 0 Å². The van der Waals surface area contributed by atoms with Gasteiger partial charge in [0.25, 0.3) is 0 Å². The van der Waals surface area contributed by atoms with Gasteiger partial charge >= 0.3 is 0 Å². The molecule has 0 radical (unpaired) electrons. The van der Waals surface area contributed by atoms with E-state index in [2.05, 4.69) is 25.9 Å². The van der Waals surface area contributed by atoms with E-state index in [9.17, 15) is 4.39 Å². The van der Waals surface area contributed by atoms with Crippen LogP contribution in [0.5, 0.6) is 0 Å². The molecule has 0 spiro atoms. The van der Waals surface area contributed by atoms with Crippen molar-refractivity contribution in [3.63, 3.8) is 0 Å². The van der Waals surface area contributed by atoms with Crippen LogP contribution in [0.1, 0.15) is 6.92 Å². The van der Waals surface area contributed by atoms with Gasteiger partial charge < -0.3 is 4.90 Å². The first-order valence-electron chi connectivity index (χ1n) is 6.62. The molecule has 2 heterocycles. The topological polar surface area (TPSA) is 29.0 Å². The summed E-state index contributed by atoms with van der Waals surface area (Å²) < 4.78 is 14.4. The molecule has 0 amide bonds. The smallest absolute Gasteiger partial charge is 0.125 e. The second kappa shape index (κ2) is 5.77. The SMILES string of the molecule is CCN(c1cccc(F)c1)c1ccnc2cc(Br)cnc12. The number of anilines is 2. The van der Waals surface area contributed by atoms with Gasteiger partial charge in [0.15, 0.2) is 0 Å². The van der Waals surface area contributed by atoms with Gasteiger partial charge in [0.05, 0.1) is 11.2 Å². The Balaban J connectivity index is 2.17. The van der Waals surface area contributed by atoms with E-state index in [0.717, 1.165) is 26.9 Å². The van der Waals surface area contributed by atoms with E-state index < -0.39 is 0 Å². The Kier molecular flexibility index (Phi) is 3.84. The highest BCUT2D eigenvalue weighted by Crippen LogP contribution is 2.31. The maximum atomic E-state index is 13.5. The van der Waals surface area contributed by atoms with E-state index in [1.807, 2.05) is 30.0 Å². The number of benzene rings is 1. The number of fused-ring (bicyclic) bond motifs is 1. The number of hydrogen-bond donors (Lipinski definition) is 0. The Hall–Kier alpha value is -2.01. The third-order valence-electron chi connectivity index (χ3n) is 3.25. The molecule has 5 heteroatoms. The van der Waals surface area contributed by atoms with Crippen LogP contribution in [0, 0.1) is 5.82 Å². The van der Waals surface area contributed by atoms with Gasteiger partial charge in [-0.15, -0.1) is 0 Å². The van der Waals surface area contributed by atoms with Crippen molar-refractivity contribution in [1.82, 2.24) is 9.97 Å². The Bertz CT molecular complexity index is 791. The maximum Gasteiger partial charge on any atom is 0.125 e. The lowest BCUT2D eigenvalue weighted by Gasteiger charge is -2.24. The first-order chi connectivity index (χ1) is 10.2. The van der Waals surface area contributed by atoms with E-state index in [0.29, 0.717) is 6.54 Å². The van der Waals surface area contributed by atoms with Crippen molar-refractivity contribution in [2.24, 2.45) is 0 Å². The molecule has 0 N–H and O–H groups in total. The summed E-state index contributed by atoms with van der Waals surface area (Å²) in [6.07, 6.45) is 3.49. The Morgan fingerprint density at radius 3 is 2.81 bits per heavy atom. The largest absolute Gasteiger partial charge is 0.340 e. The van der Waals surface area contributed by atoms with Crippen LogP contribution in [0.2, 0.25) is 0 Å². The molecule has 0 unspecified atom stereocenters. The molecule has 2 aromatic heterocycles. The quantitative estimate of drug-likeness (QED) is 0.689. The predicted molar refractivity (Wildman–Crippen MR) is 86.3 cm³/mol. The number of hydrogen-bond acceptors (Lipinski definition) is 3. The Morgan fingerprint density at radius 2 is 2.05 bits per heavy atom. The molecule has 0 saturated carbocycles. The highest BCUT2D eigenvalue weighted by Gasteiger charge is 2.13. The first-order valence-corrected chi connectivity index (χ1v) is 7.41. The first kappa shape index (κ1) is 13.9. The summed E-state index contributed by atoms with van der Waals surface area (Å²) in [5.74, 6) is -0.250. The normalized spacial score (nSPS) is 10.8. The number of halogens is 2. The van der Waals surface area contributed by atoms with Gasteiger partial charge in [-0.05, 0) is 53.2 Å². The van der Waals surface area contributed by atoms with Crippen molar-refractivity contribution in [3.8, 4) is 0 Å². The van der Waals surface area contributed by atoms with Gasteiger partial charge in [0, 0.05) is 29.1 Å². The van der Waals surface area contributed by atoms with Crippen molar-refractivity contribution in [2.75, 3.05) is 11.4 Å². The van der Waals surface area contributed by atoms with Crippen LogP contribution >= 0.6 is 15.9 Å². The third kappa shape index (κ3) is 2.74. The molecule has 3 rings (SSSR count). The fourth-order valence-electron chi connectivity index (χ4n) is 2.35. The lowest BCUT2D eigenvalue weighted by atomic mass is 10.2. The zero-order valence-electron chi connectivity index (χ0n) is 11.4. The molecular weight excluding hydrogens is 333 g/mol. The molecule has 0 aliphatic carbocycles. The molecule has 0 bridgehead atoms. The molecule has 3 aromatic rings. The summed E-state index contributed by atoms with van der Waals surface area (Å²) in [6.45, 7) is 2.73. The van der Waals surface area contributed by atoms with E-state index in [1.54, 1.807) is 18.5 Å². The highest BCUT2D eigenvalue weighted by atomic mass is 79.9. The highest BCUT2D eigenvalue weighted by molar-refractivity contribution is 9.10. The zero-order valence-corrected chi connectivity index (χ0v) is 13.0. The number of aromatic nitrogens is 2. The Labute approximate surface area is 130 Å². The zero-order chi connectivity index (χ0) is 14.8. The molecule has 0 aliphatic heterocycles. The predicted octanol–water partition coefficient (Wildman–Crippen LogP) is 4.69. The van der Waals surface area contributed by atoms with E-state index in [-0.39, 0.29) is 5.82 Å². The van der Waals surface area contributed by atoms with E-state index in [4.69, 9.17) is 0 Å². The average Bonchev–Trinajstić information content (AvgIpc) is 2.48. The van der Waals surface area contributed by atoms with E-state index >= 15 is 0 Å². The molecule has 106 valence electrons. The lowest BCUT2D eigenvalue weighted by molar-refractivity contribution is 0.627. The second-order valence-electron chi connectivity index (χ2n) is 4.58. The van der Waals surface area contributed by atoms with Crippen molar-refractivity contribution >= 4 is 38.3 Å². The minimum Gasteiger partial charge on any atom is -0.340 e. The van der Waals surface area contributed by atoms with Crippen molar-refractivity contribution < 1.29 is 4.39 Å². The summed E-state index contributed by atoms with van der Waals surface area (Å²) >= 11 is 3.40. The van der Waals surface area contributed by atoms with Crippen molar-refractivity contribution in [3.05, 3.63) is 59.1 Å². The molecule has 21 heavy (non-hydrogen) atoms. The molecule has 0 saturated heterocycles. The summed E-state index contributed by atoms with van der Waals surface area (Å²) in [5.41, 5.74) is 3.32. The molecule has 0 fully saturated rings. The molecular formula is C16H13BrFN3. The van der Waals surface area contributed by atoms with Gasteiger partial charge in [-0.2, -0.15) is 0 Å². The lowest BCUT2D eigenvalue weighted by Crippen LogP contribution is -2.17. The van der Waals surface area contributed by atoms with Gasteiger partial charge in [-0.3, -0.25) is 9.97 Å². The third-order valence-corrected chi connectivity index (χ3v) is 3.68. The van der Waals surface area contributed by atoms with Crippen LogP contribution in [0.25, 0.3) is 11.0 Å².